The Morgan fingerprint density at radius 2 is 2.07 bits per heavy atom. The van der Waals surface area contributed by atoms with Crippen LogP contribution < -0.4 is 9.47 Å². The number of rotatable bonds is 5. The molecule has 29 heavy (non-hydrogen) atoms. The summed E-state index contributed by atoms with van der Waals surface area (Å²) in [4.78, 5) is 24.8. The lowest BCUT2D eigenvalue weighted by molar-refractivity contribution is -0.134. The molecule has 148 valence electrons. The normalized spacial score (nSPS) is 14.2. The van der Waals surface area contributed by atoms with E-state index in [0.29, 0.717) is 40.6 Å². The second-order valence-corrected chi connectivity index (χ2v) is 6.98. The van der Waals surface area contributed by atoms with Crippen LogP contribution in [0.15, 0.2) is 45.0 Å². The molecule has 0 N–H and O–H groups in total. The van der Waals surface area contributed by atoms with Crippen LogP contribution in [0, 0.1) is 13.8 Å². The fourth-order valence-corrected chi connectivity index (χ4v) is 3.17. The van der Waals surface area contributed by atoms with Gasteiger partial charge in [-0.2, -0.15) is 0 Å². The minimum atomic E-state index is -0.456. The van der Waals surface area contributed by atoms with Crippen molar-refractivity contribution in [2.24, 2.45) is 0 Å². The maximum Gasteiger partial charge on any atom is 0.311 e. The molecule has 0 saturated carbocycles. The molecule has 0 saturated heterocycles. The first kappa shape index (κ1) is 19.0. The number of furan rings is 1. The third kappa shape index (κ3) is 4.09. The van der Waals surface area contributed by atoms with Gasteiger partial charge < -0.3 is 18.4 Å². The zero-order valence-electron chi connectivity index (χ0n) is 15.7. The number of hydrogen-bond donors (Lipinski definition) is 0. The van der Waals surface area contributed by atoms with Gasteiger partial charge in [0, 0.05) is 24.6 Å². The molecular weight excluding hydrogens is 398 g/mol. The standard InChI is InChI=1S/C21H16ClNO6/c1-11-7-15(27-19(24)6-5-14-10-18(22)23-29-14)9-16-20(11)21(25)17(28-16)8-13-4-3-12(2)26-13/h3-4,7-10H,5-6H2,1-2H3/b17-8-. The Morgan fingerprint density at radius 1 is 1.24 bits per heavy atom. The molecule has 1 aliphatic heterocycles. The molecule has 8 heteroatoms. The van der Waals surface area contributed by atoms with E-state index in [1.54, 1.807) is 37.3 Å². The van der Waals surface area contributed by atoms with Gasteiger partial charge in [0.2, 0.25) is 5.78 Å². The molecular formula is C21H16ClNO6. The molecule has 0 aliphatic carbocycles. The molecule has 7 nitrogen and oxygen atoms in total. The van der Waals surface area contributed by atoms with E-state index in [1.807, 2.05) is 6.92 Å². The Bertz CT molecular complexity index is 1140. The number of aryl methyl sites for hydroxylation is 3. The largest absolute Gasteiger partial charge is 0.462 e. The Kier molecular flexibility index (Phi) is 4.98. The number of nitrogens with zero attached hydrogens (tertiary/aromatic N) is 1. The summed E-state index contributed by atoms with van der Waals surface area (Å²) < 4.78 is 21.5. The number of aromatic nitrogens is 1. The van der Waals surface area contributed by atoms with Gasteiger partial charge in [0.25, 0.3) is 0 Å². The molecule has 2 aromatic heterocycles. The number of halogens is 1. The molecule has 4 rings (SSSR count). The van der Waals surface area contributed by atoms with E-state index in [4.69, 9.17) is 30.0 Å². The van der Waals surface area contributed by atoms with Gasteiger partial charge in [-0.1, -0.05) is 16.8 Å². The highest BCUT2D eigenvalue weighted by atomic mass is 35.5. The summed E-state index contributed by atoms with van der Waals surface area (Å²) in [6.45, 7) is 3.57. The Morgan fingerprint density at radius 3 is 2.76 bits per heavy atom. The number of fused-ring (bicyclic) bond motifs is 1. The molecule has 0 amide bonds. The predicted molar refractivity (Wildman–Crippen MR) is 103 cm³/mol. The summed E-state index contributed by atoms with van der Waals surface area (Å²) in [6.07, 6.45) is 1.94. The van der Waals surface area contributed by atoms with Crippen LogP contribution in [0.2, 0.25) is 5.15 Å². The van der Waals surface area contributed by atoms with Gasteiger partial charge in [-0.05, 0) is 37.6 Å². The summed E-state index contributed by atoms with van der Waals surface area (Å²) in [7, 11) is 0. The third-order valence-electron chi connectivity index (χ3n) is 4.32. The van der Waals surface area contributed by atoms with E-state index < -0.39 is 5.97 Å². The molecule has 0 atom stereocenters. The topological polar surface area (TPSA) is 91.8 Å². The number of hydrogen-bond acceptors (Lipinski definition) is 7. The minimum Gasteiger partial charge on any atom is -0.462 e. The smallest absolute Gasteiger partial charge is 0.311 e. The summed E-state index contributed by atoms with van der Waals surface area (Å²) in [5.74, 6) is 1.85. The van der Waals surface area contributed by atoms with Gasteiger partial charge >= 0.3 is 5.97 Å². The zero-order valence-corrected chi connectivity index (χ0v) is 16.4. The van der Waals surface area contributed by atoms with E-state index in [1.165, 1.54) is 6.07 Å². The molecule has 1 aromatic carbocycles. The van der Waals surface area contributed by atoms with Gasteiger partial charge in [0.15, 0.2) is 10.9 Å². The zero-order chi connectivity index (χ0) is 20.5. The van der Waals surface area contributed by atoms with Crippen LogP contribution in [0.25, 0.3) is 6.08 Å². The van der Waals surface area contributed by atoms with Gasteiger partial charge in [-0.3, -0.25) is 9.59 Å². The predicted octanol–water partition coefficient (Wildman–Crippen LogP) is 4.69. The number of ether oxygens (including phenoxy) is 2. The Balaban J connectivity index is 1.47. The van der Waals surface area contributed by atoms with Crippen molar-refractivity contribution in [2.45, 2.75) is 26.7 Å². The lowest BCUT2D eigenvalue weighted by Gasteiger charge is -2.07. The lowest BCUT2D eigenvalue weighted by Crippen LogP contribution is -2.09. The molecule has 0 fully saturated rings. The number of esters is 1. The van der Waals surface area contributed by atoms with Crippen molar-refractivity contribution in [3.63, 3.8) is 0 Å². The number of carbonyl (C=O) groups excluding carboxylic acids is 2. The first-order valence-electron chi connectivity index (χ1n) is 8.86. The number of allylic oxidation sites excluding steroid dienone is 1. The Labute approximate surface area is 170 Å². The van der Waals surface area contributed by atoms with Crippen LogP contribution in [0.5, 0.6) is 11.5 Å². The molecule has 0 radical (unpaired) electrons. The first-order chi connectivity index (χ1) is 13.9. The summed E-state index contributed by atoms with van der Waals surface area (Å²) in [6, 6.07) is 8.25. The lowest BCUT2D eigenvalue weighted by atomic mass is 10.0. The van der Waals surface area contributed by atoms with Crippen molar-refractivity contribution in [1.82, 2.24) is 5.16 Å². The van der Waals surface area contributed by atoms with Crippen LogP contribution >= 0.6 is 11.6 Å². The summed E-state index contributed by atoms with van der Waals surface area (Å²) in [5, 5.41) is 3.79. The molecule has 0 bridgehead atoms. The second-order valence-electron chi connectivity index (χ2n) is 6.59. The summed E-state index contributed by atoms with van der Waals surface area (Å²) in [5.41, 5.74) is 1.09. The fraction of sp³-hybridized carbons (Fsp3) is 0.190. The van der Waals surface area contributed by atoms with Crippen LogP contribution in [0.1, 0.15) is 39.6 Å². The van der Waals surface area contributed by atoms with E-state index in [0.717, 1.165) is 5.76 Å². The number of benzene rings is 1. The number of ketones is 1. The van der Waals surface area contributed by atoms with Crippen LogP contribution in [0.4, 0.5) is 0 Å². The molecule has 3 heterocycles. The minimum absolute atomic E-state index is 0.0877. The SMILES string of the molecule is Cc1ccc(/C=C2\Oc3cc(OC(=O)CCc4cc(Cl)no4)cc(C)c3C2=O)o1. The van der Waals surface area contributed by atoms with Gasteiger partial charge in [-0.15, -0.1) is 0 Å². The average molecular weight is 414 g/mol. The first-order valence-corrected chi connectivity index (χ1v) is 9.24. The average Bonchev–Trinajstić information content (AvgIpc) is 3.34. The van der Waals surface area contributed by atoms with Crippen molar-refractivity contribution in [2.75, 3.05) is 0 Å². The third-order valence-corrected chi connectivity index (χ3v) is 4.49. The van der Waals surface area contributed by atoms with Gasteiger partial charge in [-0.25, -0.2) is 0 Å². The van der Waals surface area contributed by atoms with Gasteiger partial charge in [0.1, 0.15) is 28.8 Å². The monoisotopic (exact) mass is 413 g/mol. The molecule has 0 spiro atoms. The Hall–Kier alpha value is -3.32. The van der Waals surface area contributed by atoms with Crippen LogP contribution in [-0.4, -0.2) is 16.9 Å². The highest BCUT2D eigenvalue weighted by Crippen LogP contribution is 2.37. The van der Waals surface area contributed by atoms with Crippen molar-refractivity contribution in [1.29, 1.82) is 0 Å². The van der Waals surface area contributed by atoms with Crippen LogP contribution in [0.3, 0.4) is 0 Å². The van der Waals surface area contributed by atoms with E-state index in [9.17, 15) is 9.59 Å². The second kappa shape index (κ2) is 7.60. The highest BCUT2D eigenvalue weighted by molar-refractivity contribution is 6.29. The number of carbonyl (C=O) groups is 2. The van der Waals surface area contributed by atoms with E-state index in [2.05, 4.69) is 5.16 Å². The number of Topliss-reactive ketones (excluding diaryl/α,β-unsaturated/α-hetero) is 1. The van der Waals surface area contributed by atoms with E-state index >= 15 is 0 Å². The van der Waals surface area contributed by atoms with Crippen molar-refractivity contribution < 1.29 is 28.0 Å². The molecule has 3 aromatic rings. The van der Waals surface area contributed by atoms with E-state index in [-0.39, 0.29) is 23.1 Å². The maximum absolute atomic E-state index is 12.7. The van der Waals surface area contributed by atoms with Crippen molar-refractivity contribution >= 4 is 29.4 Å². The fourth-order valence-electron chi connectivity index (χ4n) is 3.01. The van der Waals surface area contributed by atoms with Crippen LogP contribution in [-0.2, 0) is 11.2 Å². The molecule has 0 unspecified atom stereocenters. The van der Waals surface area contributed by atoms with Gasteiger partial charge in [0.05, 0.1) is 12.0 Å². The molecule has 1 aliphatic rings. The maximum atomic E-state index is 12.7. The van der Waals surface area contributed by atoms with Crippen molar-refractivity contribution in [3.05, 3.63) is 69.7 Å². The quantitative estimate of drug-likeness (QED) is 0.340. The van der Waals surface area contributed by atoms with Crippen molar-refractivity contribution in [3.8, 4) is 11.5 Å². The highest BCUT2D eigenvalue weighted by Gasteiger charge is 2.30. The summed E-state index contributed by atoms with van der Waals surface area (Å²) >= 11 is 5.68.